The van der Waals surface area contributed by atoms with Crippen LogP contribution in [0.15, 0.2) is 60.7 Å². The minimum atomic E-state index is -4.19. The molecule has 162 valence electrons. The van der Waals surface area contributed by atoms with Crippen molar-refractivity contribution >= 4 is 16.2 Å². The van der Waals surface area contributed by atoms with Crippen molar-refractivity contribution in [3.05, 3.63) is 71.8 Å². The van der Waals surface area contributed by atoms with Gasteiger partial charge in [0.2, 0.25) is 0 Å². The summed E-state index contributed by atoms with van der Waals surface area (Å²) in [7, 11) is -3.00. The number of benzene rings is 2. The number of aliphatic hydroxyl groups excluding tert-OH is 2. The fourth-order valence-corrected chi connectivity index (χ4v) is 5.24. The highest BCUT2D eigenvalue weighted by atomic mass is 32.2. The van der Waals surface area contributed by atoms with E-state index in [2.05, 4.69) is 0 Å². The van der Waals surface area contributed by atoms with Gasteiger partial charge in [-0.3, -0.25) is 4.79 Å². The Morgan fingerprint density at radius 3 is 2.10 bits per heavy atom. The van der Waals surface area contributed by atoms with E-state index in [1.165, 1.54) is 7.11 Å². The molecule has 3 atom stereocenters. The standard InChI is InChI=1S/C21H26N2O6S/c1-29-21(26)18(12-16-8-4-2-5-9-16)23-15-20(25)19(24)14-22(30(23,27)28)13-17-10-6-3-7-11-17/h2-11,18-20,24-25H,12-15H2,1H3. The maximum Gasteiger partial charge on any atom is 0.324 e. The third-order valence-electron chi connectivity index (χ3n) is 5.12. The number of β-amino-alcohol motifs (C(OH)–C–C–N with tert-alkyl or cyclic N) is 2. The average Bonchev–Trinajstić information content (AvgIpc) is 2.83. The molecule has 2 aromatic rings. The number of rotatable bonds is 6. The third-order valence-corrected chi connectivity index (χ3v) is 7.05. The largest absolute Gasteiger partial charge is 0.468 e. The molecule has 0 aromatic heterocycles. The fourth-order valence-electron chi connectivity index (χ4n) is 3.47. The molecule has 0 radical (unpaired) electrons. The van der Waals surface area contributed by atoms with Gasteiger partial charge in [0.1, 0.15) is 6.04 Å². The lowest BCUT2D eigenvalue weighted by molar-refractivity contribution is -0.145. The van der Waals surface area contributed by atoms with Crippen molar-refractivity contribution in [2.24, 2.45) is 0 Å². The van der Waals surface area contributed by atoms with E-state index < -0.39 is 41.0 Å². The monoisotopic (exact) mass is 434 g/mol. The summed E-state index contributed by atoms with van der Waals surface area (Å²) in [5.41, 5.74) is 1.47. The van der Waals surface area contributed by atoms with Gasteiger partial charge in [0.05, 0.1) is 19.3 Å². The lowest BCUT2D eigenvalue weighted by atomic mass is 10.1. The number of hydrogen-bond donors (Lipinski definition) is 2. The molecule has 1 aliphatic heterocycles. The van der Waals surface area contributed by atoms with Gasteiger partial charge in [-0.25, -0.2) is 0 Å². The Morgan fingerprint density at radius 1 is 1.00 bits per heavy atom. The van der Waals surface area contributed by atoms with E-state index in [1.54, 1.807) is 48.5 Å². The van der Waals surface area contributed by atoms with Crippen LogP contribution in [-0.2, 0) is 32.7 Å². The lowest BCUT2D eigenvalue weighted by Gasteiger charge is -2.32. The van der Waals surface area contributed by atoms with Gasteiger partial charge in [0, 0.05) is 19.6 Å². The van der Waals surface area contributed by atoms with Crippen LogP contribution in [0.2, 0.25) is 0 Å². The predicted octanol–water partition coefficient (Wildman–Crippen LogP) is 0.555. The molecule has 9 heteroatoms. The first kappa shape index (κ1) is 22.4. The van der Waals surface area contributed by atoms with Gasteiger partial charge in [0.25, 0.3) is 10.2 Å². The SMILES string of the molecule is COC(=O)C(Cc1ccccc1)N1CC(O)C(O)CN(Cc2ccccc2)S1(=O)=O. The molecule has 0 spiro atoms. The predicted molar refractivity (Wildman–Crippen MR) is 110 cm³/mol. The van der Waals surface area contributed by atoms with Crippen LogP contribution in [-0.4, -0.2) is 71.7 Å². The Labute approximate surface area is 176 Å². The summed E-state index contributed by atoms with van der Waals surface area (Å²) in [4.78, 5) is 12.6. The first-order valence-corrected chi connectivity index (χ1v) is 11.0. The molecule has 1 heterocycles. The van der Waals surface area contributed by atoms with E-state index in [9.17, 15) is 23.4 Å². The van der Waals surface area contributed by atoms with Crippen molar-refractivity contribution in [3.63, 3.8) is 0 Å². The Balaban J connectivity index is 1.98. The maximum atomic E-state index is 13.5. The number of carbonyl (C=O) groups excluding carboxylic acids is 1. The summed E-state index contributed by atoms with van der Waals surface area (Å²) in [6.07, 6.45) is -2.55. The number of nitrogens with zero attached hydrogens (tertiary/aromatic N) is 2. The topological polar surface area (TPSA) is 107 Å². The molecule has 2 N–H and O–H groups in total. The summed E-state index contributed by atoms with van der Waals surface area (Å²) in [6.45, 7) is -0.696. The van der Waals surface area contributed by atoms with Gasteiger partial charge < -0.3 is 14.9 Å². The number of hydrogen-bond acceptors (Lipinski definition) is 6. The molecular formula is C21H26N2O6S. The van der Waals surface area contributed by atoms with Gasteiger partial charge in [0.15, 0.2) is 0 Å². The van der Waals surface area contributed by atoms with Gasteiger partial charge in [-0.2, -0.15) is 17.0 Å². The van der Waals surface area contributed by atoms with Gasteiger partial charge in [-0.1, -0.05) is 60.7 Å². The smallest absolute Gasteiger partial charge is 0.324 e. The molecule has 3 unspecified atom stereocenters. The second-order valence-corrected chi connectivity index (χ2v) is 9.10. The minimum Gasteiger partial charge on any atom is -0.468 e. The zero-order valence-electron chi connectivity index (χ0n) is 16.7. The van der Waals surface area contributed by atoms with E-state index in [-0.39, 0.29) is 19.5 Å². The van der Waals surface area contributed by atoms with Crippen molar-refractivity contribution < 1.29 is 28.2 Å². The molecule has 1 aliphatic rings. The van der Waals surface area contributed by atoms with Crippen molar-refractivity contribution in [1.29, 1.82) is 0 Å². The molecule has 2 aromatic carbocycles. The molecule has 0 aliphatic carbocycles. The summed E-state index contributed by atoms with van der Waals surface area (Å²) >= 11 is 0. The van der Waals surface area contributed by atoms with Crippen LogP contribution in [0.4, 0.5) is 0 Å². The molecule has 1 saturated heterocycles. The maximum absolute atomic E-state index is 13.5. The molecule has 30 heavy (non-hydrogen) atoms. The number of aliphatic hydroxyl groups is 2. The second-order valence-electron chi connectivity index (χ2n) is 7.22. The molecule has 0 amide bonds. The average molecular weight is 435 g/mol. The normalized spacial score (nSPS) is 23.4. The van der Waals surface area contributed by atoms with E-state index in [0.717, 1.165) is 19.7 Å². The van der Waals surface area contributed by atoms with Crippen LogP contribution in [0.5, 0.6) is 0 Å². The lowest BCUT2D eigenvalue weighted by Crippen LogP contribution is -2.52. The Morgan fingerprint density at radius 2 is 1.53 bits per heavy atom. The quantitative estimate of drug-likeness (QED) is 0.643. The van der Waals surface area contributed by atoms with E-state index >= 15 is 0 Å². The minimum absolute atomic E-state index is 0.00266. The summed E-state index contributed by atoms with van der Waals surface area (Å²) in [5.74, 6) is -0.731. The zero-order valence-corrected chi connectivity index (χ0v) is 17.5. The first-order chi connectivity index (χ1) is 14.3. The molecular weight excluding hydrogens is 408 g/mol. The van der Waals surface area contributed by atoms with Crippen molar-refractivity contribution in [2.75, 3.05) is 20.2 Å². The Hall–Kier alpha value is -2.30. The Bertz CT molecular complexity index is 938. The third kappa shape index (κ3) is 5.05. The van der Waals surface area contributed by atoms with Crippen LogP contribution in [0.25, 0.3) is 0 Å². The highest BCUT2D eigenvalue weighted by Crippen LogP contribution is 2.24. The van der Waals surface area contributed by atoms with Gasteiger partial charge in [-0.05, 0) is 17.5 Å². The van der Waals surface area contributed by atoms with E-state index in [4.69, 9.17) is 4.74 Å². The Kier molecular flexibility index (Phi) is 7.22. The molecule has 0 saturated carbocycles. The van der Waals surface area contributed by atoms with Crippen LogP contribution in [0.3, 0.4) is 0 Å². The van der Waals surface area contributed by atoms with Crippen LogP contribution < -0.4 is 0 Å². The number of carbonyl (C=O) groups is 1. The number of methoxy groups -OCH3 is 1. The van der Waals surface area contributed by atoms with Crippen molar-refractivity contribution in [2.45, 2.75) is 31.2 Å². The van der Waals surface area contributed by atoms with Crippen LogP contribution >= 0.6 is 0 Å². The van der Waals surface area contributed by atoms with E-state index in [0.29, 0.717) is 0 Å². The van der Waals surface area contributed by atoms with Gasteiger partial charge >= 0.3 is 5.97 Å². The molecule has 3 rings (SSSR count). The fraction of sp³-hybridized carbons (Fsp3) is 0.381. The number of esters is 1. The van der Waals surface area contributed by atoms with Crippen LogP contribution in [0.1, 0.15) is 11.1 Å². The molecule has 8 nitrogen and oxygen atoms in total. The highest BCUT2D eigenvalue weighted by molar-refractivity contribution is 7.86. The summed E-state index contributed by atoms with van der Waals surface area (Å²) in [5, 5.41) is 20.7. The van der Waals surface area contributed by atoms with Crippen molar-refractivity contribution in [3.8, 4) is 0 Å². The molecule has 0 bridgehead atoms. The second kappa shape index (κ2) is 9.67. The highest BCUT2D eigenvalue weighted by Gasteiger charge is 2.44. The summed E-state index contributed by atoms with van der Waals surface area (Å²) < 4.78 is 33.9. The summed E-state index contributed by atoms with van der Waals surface area (Å²) in [6, 6.07) is 16.7. The zero-order chi connectivity index (χ0) is 21.7. The van der Waals surface area contributed by atoms with Crippen molar-refractivity contribution in [1.82, 2.24) is 8.61 Å². The van der Waals surface area contributed by atoms with E-state index in [1.807, 2.05) is 12.1 Å². The van der Waals surface area contributed by atoms with Crippen LogP contribution in [0, 0.1) is 0 Å². The first-order valence-electron chi connectivity index (χ1n) is 9.61. The van der Waals surface area contributed by atoms with Gasteiger partial charge in [-0.15, -0.1) is 0 Å². The number of ether oxygens (including phenoxy) is 1. The molecule has 1 fully saturated rings.